The van der Waals surface area contributed by atoms with Crippen molar-refractivity contribution in [1.29, 1.82) is 0 Å². The monoisotopic (exact) mass is 411 g/mol. The van der Waals surface area contributed by atoms with Crippen molar-refractivity contribution < 1.29 is 14.3 Å². The molecular weight excluding hydrogens is 386 g/mol. The first kappa shape index (κ1) is 21.2. The first-order chi connectivity index (χ1) is 14.4. The maximum atomic E-state index is 13.1. The van der Waals surface area contributed by atoms with Gasteiger partial charge in [-0.3, -0.25) is 18.7 Å². The molecule has 0 saturated carbocycles. The first-order valence-corrected chi connectivity index (χ1v) is 9.66. The number of ether oxygens (including phenoxy) is 2. The second-order valence-electron chi connectivity index (χ2n) is 6.97. The van der Waals surface area contributed by atoms with E-state index in [2.05, 4.69) is 5.32 Å². The van der Waals surface area contributed by atoms with Gasteiger partial charge in [0, 0.05) is 29.9 Å². The van der Waals surface area contributed by atoms with Gasteiger partial charge in [0.1, 0.15) is 18.0 Å². The predicted octanol–water partition coefficient (Wildman–Crippen LogP) is 2.79. The number of hydrogen-bond donors (Lipinski definition) is 1. The van der Waals surface area contributed by atoms with Crippen molar-refractivity contribution in [2.45, 2.75) is 32.9 Å². The van der Waals surface area contributed by atoms with Gasteiger partial charge in [-0.25, -0.2) is 4.79 Å². The van der Waals surface area contributed by atoms with E-state index in [1.54, 1.807) is 42.5 Å². The highest BCUT2D eigenvalue weighted by Crippen LogP contribution is 2.25. The van der Waals surface area contributed by atoms with Crippen LogP contribution in [0.2, 0.25) is 0 Å². The molecule has 0 unspecified atom stereocenters. The van der Waals surface area contributed by atoms with Crippen molar-refractivity contribution in [3.05, 3.63) is 63.3 Å². The van der Waals surface area contributed by atoms with Crippen molar-refractivity contribution in [3.63, 3.8) is 0 Å². The molecule has 0 aliphatic carbocycles. The fourth-order valence-electron chi connectivity index (χ4n) is 3.29. The lowest BCUT2D eigenvalue weighted by Gasteiger charge is -2.17. The Kier molecular flexibility index (Phi) is 6.25. The second kappa shape index (κ2) is 8.86. The Labute approximate surface area is 173 Å². The summed E-state index contributed by atoms with van der Waals surface area (Å²) in [5, 5.41) is 3.16. The number of methoxy groups -OCH3 is 2. The third kappa shape index (κ3) is 4.07. The van der Waals surface area contributed by atoms with Gasteiger partial charge in [-0.15, -0.1) is 0 Å². The zero-order valence-corrected chi connectivity index (χ0v) is 17.5. The highest BCUT2D eigenvalue weighted by atomic mass is 16.5. The SMILES string of the molecule is CC[C@@H](C)n1c(=O)c2ccccc2n(CC(=O)Nc2cc(OC)cc(OC)c2)c1=O. The number of benzene rings is 2. The number of anilines is 1. The number of aromatic nitrogens is 2. The molecule has 0 radical (unpaired) electrons. The van der Waals surface area contributed by atoms with E-state index in [0.29, 0.717) is 34.5 Å². The maximum Gasteiger partial charge on any atom is 0.332 e. The summed E-state index contributed by atoms with van der Waals surface area (Å²) in [4.78, 5) is 38.7. The molecule has 1 amide bonds. The Bertz CT molecular complexity index is 1170. The van der Waals surface area contributed by atoms with Crippen LogP contribution < -0.4 is 26.0 Å². The number of para-hydroxylation sites is 1. The molecule has 0 spiro atoms. The molecule has 158 valence electrons. The van der Waals surface area contributed by atoms with Crippen LogP contribution in [0.1, 0.15) is 26.3 Å². The van der Waals surface area contributed by atoms with Crippen LogP contribution in [0.5, 0.6) is 11.5 Å². The number of fused-ring (bicyclic) bond motifs is 1. The van der Waals surface area contributed by atoms with Gasteiger partial charge in [0.2, 0.25) is 5.91 Å². The van der Waals surface area contributed by atoms with E-state index in [4.69, 9.17) is 9.47 Å². The quantitative estimate of drug-likeness (QED) is 0.646. The van der Waals surface area contributed by atoms with Gasteiger partial charge in [0.15, 0.2) is 0 Å². The van der Waals surface area contributed by atoms with Crippen LogP contribution >= 0.6 is 0 Å². The number of nitrogens with zero attached hydrogens (tertiary/aromatic N) is 2. The molecule has 3 rings (SSSR count). The van der Waals surface area contributed by atoms with Crippen LogP contribution in [0.15, 0.2) is 52.1 Å². The molecular formula is C22H25N3O5. The Hall–Kier alpha value is -3.55. The van der Waals surface area contributed by atoms with Gasteiger partial charge in [-0.2, -0.15) is 0 Å². The summed E-state index contributed by atoms with van der Waals surface area (Å²) in [6.07, 6.45) is 0.614. The molecule has 30 heavy (non-hydrogen) atoms. The normalized spacial score (nSPS) is 11.9. The van der Waals surface area contributed by atoms with E-state index in [1.807, 2.05) is 13.8 Å². The second-order valence-corrected chi connectivity index (χ2v) is 6.97. The first-order valence-electron chi connectivity index (χ1n) is 9.66. The fourth-order valence-corrected chi connectivity index (χ4v) is 3.29. The van der Waals surface area contributed by atoms with E-state index in [1.165, 1.54) is 23.4 Å². The minimum Gasteiger partial charge on any atom is -0.497 e. The summed E-state index contributed by atoms with van der Waals surface area (Å²) in [5.41, 5.74) is 0.0415. The molecule has 8 nitrogen and oxygen atoms in total. The largest absolute Gasteiger partial charge is 0.497 e. The fraction of sp³-hybridized carbons (Fsp3) is 0.318. The molecule has 0 saturated heterocycles. The summed E-state index contributed by atoms with van der Waals surface area (Å²) in [5.74, 6) is 0.641. The summed E-state index contributed by atoms with van der Waals surface area (Å²) < 4.78 is 13.0. The molecule has 0 aliphatic heterocycles. The van der Waals surface area contributed by atoms with Crippen molar-refractivity contribution >= 4 is 22.5 Å². The average molecular weight is 411 g/mol. The van der Waals surface area contributed by atoms with Gasteiger partial charge in [0.25, 0.3) is 5.56 Å². The lowest BCUT2D eigenvalue weighted by molar-refractivity contribution is -0.116. The molecule has 0 aliphatic rings. The van der Waals surface area contributed by atoms with Gasteiger partial charge >= 0.3 is 5.69 Å². The number of amides is 1. The van der Waals surface area contributed by atoms with Gasteiger partial charge in [-0.1, -0.05) is 19.1 Å². The number of hydrogen-bond acceptors (Lipinski definition) is 5. The predicted molar refractivity (Wildman–Crippen MR) is 116 cm³/mol. The van der Waals surface area contributed by atoms with E-state index >= 15 is 0 Å². The standard InChI is InChI=1S/C22H25N3O5/c1-5-14(2)25-21(27)18-8-6-7-9-19(18)24(22(25)28)13-20(26)23-15-10-16(29-3)12-17(11-15)30-4/h6-12,14H,5,13H2,1-4H3,(H,23,26)/t14-/m1/s1. The summed E-state index contributed by atoms with van der Waals surface area (Å²) in [6.45, 7) is 3.47. The van der Waals surface area contributed by atoms with Crippen LogP contribution in [-0.4, -0.2) is 29.3 Å². The van der Waals surface area contributed by atoms with E-state index in [9.17, 15) is 14.4 Å². The molecule has 8 heteroatoms. The number of nitrogens with one attached hydrogen (secondary N) is 1. The maximum absolute atomic E-state index is 13.1. The zero-order valence-electron chi connectivity index (χ0n) is 17.5. The topological polar surface area (TPSA) is 91.6 Å². The Morgan fingerprint density at radius 1 is 1.07 bits per heavy atom. The van der Waals surface area contributed by atoms with Gasteiger partial charge in [0.05, 0.1) is 25.1 Å². The van der Waals surface area contributed by atoms with Crippen molar-refractivity contribution in [1.82, 2.24) is 9.13 Å². The highest BCUT2D eigenvalue weighted by molar-refractivity contribution is 5.92. The number of carbonyl (C=O) groups excluding carboxylic acids is 1. The Morgan fingerprint density at radius 3 is 2.30 bits per heavy atom. The van der Waals surface area contributed by atoms with Crippen molar-refractivity contribution in [2.24, 2.45) is 0 Å². The molecule has 1 aromatic heterocycles. The summed E-state index contributed by atoms with van der Waals surface area (Å²) >= 11 is 0. The lowest BCUT2D eigenvalue weighted by Crippen LogP contribution is -2.43. The Morgan fingerprint density at radius 2 is 1.70 bits per heavy atom. The molecule has 0 bridgehead atoms. The molecule has 3 aromatic rings. The minimum absolute atomic E-state index is 0.240. The number of rotatable bonds is 7. The molecule has 1 heterocycles. The zero-order chi connectivity index (χ0) is 21.8. The van der Waals surface area contributed by atoms with Gasteiger partial charge < -0.3 is 14.8 Å². The molecule has 1 N–H and O–H groups in total. The smallest absolute Gasteiger partial charge is 0.332 e. The lowest BCUT2D eigenvalue weighted by atomic mass is 10.2. The van der Waals surface area contributed by atoms with E-state index in [0.717, 1.165) is 0 Å². The van der Waals surface area contributed by atoms with Crippen LogP contribution in [0.25, 0.3) is 10.9 Å². The van der Waals surface area contributed by atoms with Gasteiger partial charge in [-0.05, 0) is 25.5 Å². The Balaban J connectivity index is 2.02. The van der Waals surface area contributed by atoms with Crippen LogP contribution in [0.4, 0.5) is 5.69 Å². The van der Waals surface area contributed by atoms with Crippen molar-refractivity contribution in [3.8, 4) is 11.5 Å². The highest BCUT2D eigenvalue weighted by Gasteiger charge is 2.18. The molecule has 1 atom stereocenters. The summed E-state index contributed by atoms with van der Waals surface area (Å²) in [7, 11) is 3.04. The van der Waals surface area contributed by atoms with Crippen LogP contribution in [-0.2, 0) is 11.3 Å². The third-order valence-corrected chi connectivity index (χ3v) is 5.05. The number of carbonyl (C=O) groups is 1. The van der Waals surface area contributed by atoms with Crippen LogP contribution in [0, 0.1) is 0 Å². The van der Waals surface area contributed by atoms with E-state index < -0.39 is 11.6 Å². The summed E-state index contributed by atoms with van der Waals surface area (Å²) in [6, 6.07) is 11.5. The van der Waals surface area contributed by atoms with Crippen LogP contribution in [0.3, 0.4) is 0 Å². The minimum atomic E-state index is -0.508. The average Bonchev–Trinajstić information content (AvgIpc) is 2.76. The third-order valence-electron chi connectivity index (χ3n) is 5.05. The van der Waals surface area contributed by atoms with E-state index in [-0.39, 0.29) is 18.1 Å². The molecule has 2 aromatic carbocycles. The van der Waals surface area contributed by atoms with Crippen molar-refractivity contribution in [2.75, 3.05) is 19.5 Å². The molecule has 0 fully saturated rings.